The standard InChI is InChI=1S/C27H26ClF5N4O3S/c1-4-21(38)35-5-6-36(13(2)10-35)25-16-7-17(27(31,32)33)22(15-8-18(28)20(30)9-19(15)29)24-23(16)37(26(39)34-25)11-14(40-3)12-41-24/h4,7-9,13-14,26,39H,1,5-6,10-12H2,2-3H3/t13-,14+,26?/m0/s1. The number of carbonyl (C=O) groups excluding carboxylic acids is 1. The van der Waals surface area contributed by atoms with E-state index in [1.807, 2.05) is 0 Å². The summed E-state index contributed by atoms with van der Waals surface area (Å²) in [6.07, 6.45) is -5.75. The van der Waals surface area contributed by atoms with E-state index in [1.165, 1.54) is 18.1 Å². The topological polar surface area (TPSA) is 68.6 Å². The first-order valence-electron chi connectivity index (χ1n) is 12.6. The molecule has 2 aromatic carbocycles. The smallest absolute Gasteiger partial charge is 0.379 e. The highest BCUT2D eigenvalue weighted by Crippen LogP contribution is 2.52. The van der Waals surface area contributed by atoms with Gasteiger partial charge in [-0.3, -0.25) is 4.79 Å². The summed E-state index contributed by atoms with van der Waals surface area (Å²) in [4.78, 5) is 21.4. The van der Waals surface area contributed by atoms with E-state index in [4.69, 9.17) is 16.3 Å². The van der Waals surface area contributed by atoms with Crippen molar-refractivity contribution >= 4 is 40.8 Å². The third-order valence-electron chi connectivity index (χ3n) is 7.42. The minimum absolute atomic E-state index is 0.0375. The number of ether oxygens (including phenoxy) is 1. The van der Waals surface area contributed by atoms with Crippen molar-refractivity contribution in [1.82, 2.24) is 9.80 Å². The number of halogens is 6. The summed E-state index contributed by atoms with van der Waals surface area (Å²) in [6.45, 7) is 6.16. The molecular formula is C27H26ClF5N4O3S. The van der Waals surface area contributed by atoms with Gasteiger partial charge in [0.1, 0.15) is 17.5 Å². The number of amides is 1. The van der Waals surface area contributed by atoms with E-state index < -0.39 is 52.0 Å². The van der Waals surface area contributed by atoms with Crippen LogP contribution in [0.1, 0.15) is 18.1 Å². The first-order valence-corrected chi connectivity index (χ1v) is 14.0. The van der Waals surface area contributed by atoms with Crippen molar-refractivity contribution in [3.63, 3.8) is 0 Å². The Labute approximate surface area is 242 Å². The van der Waals surface area contributed by atoms with E-state index in [2.05, 4.69) is 11.6 Å². The number of alkyl halides is 3. The Morgan fingerprint density at radius 2 is 1.90 bits per heavy atom. The van der Waals surface area contributed by atoms with Crippen LogP contribution < -0.4 is 4.90 Å². The molecule has 3 heterocycles. The zero-order chi connectivity index (χ0) is 29.8. The van der Waals surface area contributed by atoms with Gasteiger partial charge < -0.3 is 24.5 Å². The molecule has 3 atom stereocenters. The summed E-state index contributed by atoms with van der Waals surface area (Å²) in [5, 5.41) is 10.7. The Morgan fingerprint density at radius 3 is 2.54 bits per heavy atom. The summed E-state index contributed by atoms with van der Waals surface area (Å²) in [5.74, 6) is -2.28. The van der Waals surface area contributed by atoms with E-state index in [9.17, 15) is 27.5 Å². The van der Waals surface area contributed by atoms with Crippen molar-refractivity contribution in [2.24, 2.45) is 4.99 Å². The van der Waals surface area contributed by atoms with E-state index in [0.29, 0.717) is 6.07 Å². The largest absolute Gasteiger partial charge is 0.417 e. The molecule has 2 aromatic rings. The second-order valence-electron chi connectivity index (χ2n) is 9.92. The van der Waals surface area contributed by atoms with Crippen LogP contribution in [-0.2, 0) is 15.7 Å². The number of amidine groups is 1. The van der Waals surface area contributed by atoms with Gasteiger partial charge in [0, 0.05) is 72.7 Å². The van der Waals surface area contributed by atoms with E-state index in [-0.39, 0.29) is 65.9 Å². The number of hydrogen-bond donors (Lipinski definition) is 1. The molecule has 5 rings (SSSR count). The molecule has 1 saturated heterocycles. The summed E-state index contributed by atoms with van der Waals surface area (Å²) < 4.78 is 79.0. The minimum atomic E-state index is -4.95. The highest BCUT2D eigenvalue weighted by molar-refractivity contribution is 7.99. The summed E-state index contributed by atoms with van der Waals surface area (Å²) in [5.41, 5.74) is -1.87. The Kier molecular flexibility index (Phi) is 8.01. The Hall–Kier alpha value is -2.87. The number of aliphatic hydroxyl groups excluding tert-OH is 1. The number of aliphatic imine (C=N–C) groups is 1. The molecule has 1 fully saturated rings. The van der Waals surface area contributed by atoms with Gasteiger partial charge >= 0.3 is 6.18 Å². The molecule has 0 aromatic heterocycles. The second kappa shape index (κ2) is 11.1. The molecule has 0 aliphatic carbocycles. The number of rotatable bonds is 3. The number of piperazine rings is 1. The van der Waals surface area contributed by atoms with Crippen LogP contribution in [0.3, 0.4) is 0 Å². The van der Waals surface area contributed by atoms with Crippen molar-refractivity contribution in [3.05, 3.63) is 58.6 Å². The highest BCUT2D eigenvalue weighted by atomic mass is 35.5. The van der Waals surface area contributed by atoms with E-state index in [0.717, 1.165) is 23.9 Å². The maximum Gasteiger partial charge on any atom is 0.417 e. The van der Waals surface area contributed by atoms with Crippen molar-refractivity contribution in [2.45, 2.75) is 36.5 Å². The Bertz CT molecular complexity index is 1440. The first-order chi connectivity index (χ1) is 19.3. The fraction of sp³-hybridized carbons (Fsp3) is 0.407. The fourth-order valence-corrected chi connectivity index (χ4v) is 6.91. The maximum atomic E-state index is 15.2. The Balaban J connectivity index is 1.76. The predicted molar refractivity (Wildman–Crippen MR) is 146 cm³/mol. The maximum absolute atomic E-state index is 15.2. The number of anilines is 1. The third kappa shape index (κ3) is 5.28. The van der Waals surface area contributed by atoms with Gasteiger partial charge in [-0.25, -0.2) is 13.8 Å². The SMILES string of the molecule is C=CC(=O)N1CCN(C2=NC(O)N3C[C@@H](OC)CSc4c(-c5cc(Cl)c(F)cc5F)c(C(F)(F)F)cc2c43)[C@@H](C)C1. The lowest BCUT2D eigenvalue weighted by atomic mass is 9.92. The lowest BCUT2D eigenvalue weighted by Crippen LogP contribution is -2.57. The number of benzene rings is 2. The van der Waals surface area contributed by atoms with Crippen LogP contribution in [0.5, 0.6) is 0 Å². The van der Waals surface area contributed by atoms with Gasteiger partial charge in [0.15, 0.2) is 0 Å². The number of nitrogens with zero attached hydrogens (tertiary/aromatic N) is 4. The van der Waals surface area contributed by atoms with Gasteiger partial charge in [-0.05, 0) is 25.1 Å². The molecule has 0 spiro atoms. The predicted octanol–water partition coefficient (Wildman–Crippen LogP) is 4.99. The average Bonchev–Trinajstić information content (AvgIpc) is 3.12. The van der Waals surface area contributed by atoms with Crippen molar-refractivity contribution in [2.75, 3.05) is 43.9 Å². The van der Waals surface area contributed by atoms with Gasteiger partial charge in [0.25, 0.3) is 0 Å². The monoisotopic (exact) mass is 616 g/mol. The van der Waals surface area contributed by atoms with Crippen LogP contribution in [0.4, 0.5) is 27.6 Å². The molecule has 0 bridgehead atoms. The molecule has 3 aliphatic heterocycles. The molecule has 1 amide bonds. The van der Waals surface area contributed by atoms with Crippen LogP contribution in [-0.4, -0.2) is 84.2 Å². The van der Waals surface area contributed by atoms with Gasteiger partial charge in [-0.15, -0.1) is 11.8 Å². The lowest BCUT2D eigenvalue weighted by molar-refractivity contribution is -0.137. The molecule has 41 heavy (non-hydrogen) atoms. The van der Waals surface area contributed by atoms with Gasteiger partial charge in [-0.2, -0.15) is 13.2 Å². The van der Waals surface area contributed by atoms with E-state index >= 15 is 4.39 Å². The van der Waals surface area contributed by atoms with Crippen molar-refractivity contribution in [1.29, 1.82) is 0 Å². The lowest BCUT2D eigenvalue weighted by Gasteiger charge is -2.44. The van der Waals surface area contributed by atoms with Crippen LogP contribution in [0.25, 0.3) is 11.1 Å². The summed E-state index contributed by atoms with van der Waals surface area (Å²) >= 11 is 6.93. The number of hydrogen-bond acceptors (Lipinski definition) is 7. The van der Waals surface area contributed by atoms with Crippen LogP contribution in [0.2, 0.25) is 5.02 Å². The fourth-order valence-electron chi connectivity index (χ4n) is 5.42. The normalized spacial score (nSPS) is 22.7. The quantitative estimate of drug-likeness (QED) is 0.298. The molecule has 1 unspecified atom stereocenters. The average molecular weight is 617 g/mol. The van der Waals surface area contributed by atoms with Crippen molar-refractivity contribution in [3.8, 4) is 11.1 Å². The van der Waals surface area contributed by atoms with Crippen LogP contribution >= 0.6 is 23.4 Å². The first kappa shape index (κ1) is 29.6. The molecule has 0 radical (unpaired) electrons. The van der Waals surface area contributed by atoms with Crippen molar-refractivity contribution < 1.29 is 36.6 Å². The highest BCUT2D eigenvalue weighted by Gasteiger charge is 2.44. The second-order valence-corrected chi connectivity index (χ2v) is 11.4. The summed E-state index contributed by atoms with van der Waals surface area (Å²) in [6, 6.07) is 1.82. The molecule has 0 saturated carbocycles. The zero-order valence-corrected chi connectivity index (χ0v) is 23.6. The van der Waals surface area contributed by atoms with Gasteiger partial charge in [-0.1, -0.05) is 18.2 Å². The molecule has 1 N–H and O–H groups in total. The Morgan fingerprint density at radius 1 is 1.17 bits per heavy atom. The number of aliphatic hydroxyl groups is 1. The number of methoxy groups -OCH3 is 1. The van der Waals surface area contributed by atoms with Gasteiger partial charge in [0.2, 0.25) is 12.3 Å². The molecular weight excluding hydrogens is 591 g/mol. The zero-order valence-electron chi connectivity index (χ0n) is 22.0. The number of thioether (sulfide) groups is 1. The van der Waals surface area contributed by atoms with E-state index in [1.54, 1.807) is 16.7 Å². The van der Waals surface area contributed by atoms with Gasteiger partial charge in [0.05, 0.1) is 22.4 Å². The summed E-state index contributed by atoms with van der Waals surface area (Å²) in [7, 11) is 1.44. The molecule has 7 nitrogen and oxygen atoms in total. The van der Waals surface area contributed by atoms with Crippen LogP contribution in [0.15, 0.2) is 40.7 Å². The molecule has 3 aliphatic rings. The number of carbonyl (C=O) groups is 1. The molecule has 14 heteroatoms. The third-order valence-corrected chi connectivity index (χ3v) is 8.93. The molecule has 220 valence electrons. The van der Waals surface area contributed by atoms with Crippen LogP contribution in [0, 0.1) is 11.6 Å². The minimum Gasteiger partial charge on any atom is -0.379 e.